The molecule has 1 aromatic carbocycles. The first-order valence-corrected chi connectivity index (χ1v) is 10.6. The minimum Gasteiger partial charge on any atom is -0.476 e. The van der Waals surface area contributed by atoms with Gasteiger partial charge in [-0.15, -0.1) is 0 Å². The second kappa shape index (κ2) is 7.23. The van der Waals surface area contributed by atoms with Crippen LogP contribution >= 0.6 is 0 Å². The number of sulfonamides is 1. The zero-order valence-corrected chi connectivity index (χ0v) is 15.7. The molecule has 6 nitrogen and oxygen atoms in total. The second-order valence-electron chi connectivity index (χ2n) is 6.75. The van der Waals surface area contributed by atoms with E-state index in [9.17, 15) is 13.2 Å². The third kappa shape index (κ3) is 3.61. The average molecular weight is 366 g/mol. The molecule has 0 unspecified atom stereocenters. The highest BCUT2D eigenvalue weighted by Gasteiger charge is 2.38. The van der Waals surface area contributed by atoms with Crippen LogP contribution in [0.3, 0.4) is 0 Å². The van der Waals surface area contributed by atoms with Crippen LogP contribution < -0.4 is 9.04 Å². The van der Waals surface area contributed by atoms with Crippen LogP contribution in [-0.4, -0.2) is 50.7 Å². The maximum atomic E-state index is 12.9. The number of nitrogens with zero attached hydrogens (tertiary/aromatic N) is 2. The van der Waals surface area contributed by atoms with Crippen molar-refractivity contribution in [1.29, 1.82) is 0 Å². The standard InChI is InChI=1S/C18H26N2O4S/c1-3-25(22,23)20-13-17(24-16-12-8-7-11-15(16)20)18(21)19(2)14-9-5-4-6-10-14/h7-8,11-12,14,17H,3-6,9-10,13H2,1-2H3/t17-/m1/s1. The molecule has 0 N–H and O–H groups in total. The Labute approximate surface area is 149 Å². The van der Waals surface area contributed by atoms with E-state index in [1.165, 1.54) is 10.7 Å². The number of amides is 1. The third-order valence-corrected chi connectivity index (χ3v) is 6.93. The summed E-state index contributed by atoms with van der Waals surface area (Å²) in [6, 6.07) is 7.21. The van der Waals surface area contributed by atoms with Gasteiger partial charge in [-0.25, -0.2) is 8.42 Å². The lowest BCUT2D eigenvalue weighted by Crippen LogP contribution is -2.53. The van der Waals surface area contributed by atoms with Crippen molar-refractivity contribution in [2.24, 2.45) is 0 Å². The number of hydrogen-bond acceptors (Lipinski definition) is 4. The van der Waals surface area contributed by atoms with Gasteiger partial charge in [-0.1, -0.05) is 31.4 Å². The minimum atomic E-state index is -3.47. The van der Waals surface area contributed by atoms with Crippen LogP contribution in [0.25, 0.3) is 0 Å². The predicted molar refractivity (Wildman–Crippen MR) is 97.3 cm³/mol. The first-order chi connectivity index (χ1) is 11.9. The molecule has 1 heterocycles. The van der Waals surface area contributed by atoms with E-state index >= 15 is 0 Å². The maximum absolute atomic E-state index is 12.9. The van der Waals surface area contributed by atoms with Crippen LogP contribution in [0, 0.1) is 0 Å². The molecule has 1 atom stereocenters. The number of carbonyl (C=O) groups is 1. The molecule has 0 aromatic heterocycles. The normalized spacial score (nSPS) is 21.4. The molecule has 2 aliphatic rings. The molecule has 25 heavy (non-hydrogen) atoms. The molecular formula is C18H26N2O4S. The Morgan fingerprint density at radius 3 is 2.60 bits per heavy atom. The quantitative estimate of drug-likeness (QED) is 0.821. The van der Waals surface area contributed by atoms with Gasteiger partial charge in [0.2, 0.25) is 10.0 Å². The number of anilines is 1. The van der Waals surface area contributed by atoms with Gasteiger partial charge in [0.25, 0.3) is 5.91 Å². The highest BCUT2D eigenvalue weighted by molar-refractivity contribution is 7.92. The third-order valence-electron chi connectivity index (χ3n) is 5.18. The lowest BCUT2D eigenvalue weighted by Gasteiger charge is -2.38. The SMILES string of the molecule is CCS(=O)(=O)N1C[C@H](C(=O)N(C)C2CCCCC2)Oc2ccccc21. The summed E-state index contributed by atoms with van der Waals surface area (Å²) < 4.78 is 32.2. The van der Waals surface area contributed by atoms with Crippen LogP contribution in [0.1, 0.15) is 39.0 Å². The highest BCUT2D eigenvalue weighted by atomic mass is 32.2. The highest BCUT2D eigenvalue weighted by Crippen LogP contribution is 2.35. The number of para-hydroxylation sites is 2. The van der Waals surface area contributed by atoms with Crippen molar-refractivity contribution in [3.8, 4) is 5.75 Å². The molecule has 0 radical (unpaired) electrons. The summed E-state index contributed by atoms with van der Waals surface area (Å²) >= 11 is 0. The van der Waals surface area contributed by atoms with Gasteiger partial charge >= 0.3 is 0 Å². The number of likely N-dealkylation sites (N-methyl/N-ethyl adjacent to an activating group) is 1. The lowest BCUT2D eigenvalue weighted by molar-refractivity contribution is -0.139. The molecule has 1 aromatic rings. The van der Waals surface area contributed by atoms with E-state index in [1.54, 1.807) is 43.1 Å². The van der Waals surface area contributed by atoms with Crippen LogP contribution in [0.4, 0.5) is 5.69 Å². The van der Waals surface area contributed by atoms with Crippen LogP contribution in [0.2, 0.25) is 0 Å². The van der Waals surface area contributed by atoms with Crippen LogP contribution in [0.5, 0.6) is 5.75 Å². The van der Waals surface area contributed by atoms with Gasteiger partial charge in [0.05, 0.1) is 18.0 Å². The van der Waals surface area contributed by atoms with E-state index in [2.05, 4.69) is 0 Å². The fourth-order valence-corrected chi connectivity index (χ4v) is 4.75. The molecule has 0 saturated heterocycles. The Balaban J connectivity index is 1.85. The zero-order chi connectivity index (χ0) is 18.0. The number of fused-ring (bicyclic) bond motifs is 1. The Hall–Kier alpha value is -1.76. The Kier molecular flexibility index (Phi) is 5.22. The summed E-state index contributed by atoms with van der Waals surface area (Å²) in [5.74, 6) is 0.291. The maximum Gasteiger partial charge on any atom is 0.265 e. The molecule has 3 rings (SSSR count). The van der Waals surface area contributed by atoms with Gasteiger partial charge in [-0.3, -0.25) is 9.10 Å². The summed E-state index contributed by atoms with van der Waals surface area (Å²) in [5.41, 5.74) is 0.508. The molecule has 1 aliphatic heterocycles. The number of rotatable bonds is 4. The topological polar surface area (TPSA) is 66.9 Å². The lowest BCUT2D eigenvalue weighted by atomic mass is 9.94. The molecule has 7 heteroatoms. The Morgan fingerprint density at radius 2 is 1.92 bits per heavy atom. The molecule has 1 saturated carbocycles. The van der Waals surface area contributed by atoms with E-state index in [1.807, 2.05) is 0 Å². The summed E-state index contributed by atoms with van der Waals surface area (Å²) in [6.07, 6.45) is 4.68. The van der Waals surface area contributed by atoms with Crippen molar-refractivity contribution in [3.05, 3.63) is 24.3 Å². The molecular weight excluding hydrogens is 340 g/mol. The molecule has 138 valence electrons. The Bertz CT molecular complexity index is 728. The van der Waals surface area contributed by atoms with E-state index in [0.29, 0.717) is 11.4 Å². The number of carbonyl (C=O) groups excluding carboxylic acids is 1. The van der Waals surface area contributed by atoms with Gasteiger partial charge in [-0.05, 0) is 31.9 Å². The summed E-state index contributed by atoms with van der Waals surface area (Å²) in [7, 11) is -1.66. The first kappa shape index (κ1) is 18.0. The van der Waals surface area contributed by atoms with Gasteiger partial charge in [0, 0.05) is 13.1 Å². The average Bonchev–Trinajstić information content (AvgIpc) is 2.66. The van der Waals surface area contributed by atoms with Crippen molar-refractivity contribution >= 4 is 21.6 Å². The van der Waals surface area contributed by atoms with Gasteiger partial charge in [-0.2, -0.15) is 0 Å². The van der Waals surface area contributed by atoms with Gasteiger partial charge in [0.15, 0.2) is 6.10 Å². The van der Waals surface area contributed by atoms with Gasteiger partial charge in [0.1, 0.15) is 5.75 Å². The van der Waals surface area contributed by atoms with Crippen molar-refractivity contribution in [2.45, 2.75) is 51.2 Å². The Morgan fingerprint density at radius 1 is 1.24 bits per heavy atom. The largest absolute Gasteiger partial charge is 0.476 e. The second-order valence-corrected chi connectivity index (χ2v) is 8.93. The molecule has 0 bridgehead atoms. The number of ether oxygens (including phenoxy) is 1. The zero-order valence-electron chi connectivity index (χ0n) is 14.8. The van der Waals surface area contributed by atoms with Crippen molar-refractivity contribution in [2.75, 3.05) is 23.7 Å². The van der Waals surface area contributed by atoms with E-state index in [-0.39, 0.29) is 24.2 Å². The van der Waals surface area contributed by atoms with E-state index in [0.717, 1.165) is 25.7 Å². The van der Waals surface area contributed by atoms with Crippen molar-refractivity contribution < 1.29 is 17.9 Å². The van der Waals surface area contributed by atoms with Crippen molar-refractivity contribution in [3.63, 3.8) is 0 Å². The molecule has 1 aliphatic carbocycles. The van der Waals surface area contributed by atoms with E-state index < -0.39 is 16.1 Å². The predicted octanol–water partition coefficient (Wildman–Crippen LogP) is 2.39. The molecule has 1 fully saturated rings. The summed E-state index contributed by atoms with van der Waals surface area (Å²) in [6.45, 7) is 1.64. The fraction of sp³-hybridized carbons (Fsp3) is 0.611. The minimum absolute atomic E-state index is 0.0132. The molecule has 0 spiro atoms. The van der Waals surface area contributed by atoms with E-state index in [4.69, 9.17) is 4.74 Å². The summed E-state index contributed by atoms with van der Waals surface area (Å²) in [5, 5.41) is 0. The van der Waals surface area contributed by atoms with Crippen LogP contribution in [-0.2, 0) is 14.8 Å². The first-order valence-electron chi connectivity index (χ1n) is 8.97. The smallest absolute Gasteiger partial charge is 0.265 e. The monoisotopic (exact) mass is 366 g/mol. The van der Waals surface area contributed by atoms with Gasteiger partial charge < -0.3 is 9.64 Å². The summed E-state index contributed by atoms with van der Waals surface area (Å²) in [4.78, 5) is 14.7. The number of benzene rings is 1. The number of hydrogen-bond donors (Lipinski definition) is 0. The van der Waals surface area contributed by atoms with Crippen molar-refractivity contribution in [1.82, 2.24) is 4.90 Å². The van der Waals surface area contributed by atoms with Crippen LogP contribution in [0.15, 0.2) is 24.3 Å². The molecule has 1 amide bonds. The fourth-order valence-electron chi connectivity index (χ4n) is 3.63.